The largest absolute Gasteiger partial charge is 0.505 e. The number of carboxylic acids is 1. The molecule has 0 saturated heterocycles. The van der Waals surface area contributed by atoms with Crippen LogP contribution in [0.5, 0.6) is 5.75 Å². The zero-order valence-electron chi connectivity index (χ0n) is 12.2. The van der Waals surface area contributed by atoms with Crippen LogP contribution >= 0.6 is 7.82 Å². The van der Waals surface area contributed by atoms with E-state index in [9.17, 15) is 14.5 Å². The normalized spacial score (nSPS) is 13.4. The minimum Gasteiger partial charge on any atom is -0.505 e. The molecule has 128 valence electrons. The van der Waals surface area contributed by atoms with E-state index in [1.807, 2.05) is 0 Å². The summed E-state index contributed by atoms with van der Waals surface area (Å²) in [5.74, 6) is -1.52. The van der Waals surface area contributed by atoms with E-state index in [0.29, 0.717) is 0 Å². The SMILES string of the molecule is Cc1nc(COP(=O)(O)O)cc(C=NCC[C@@H](O)C(=O)O)c1O. The second-order valence-electron chi connectivity index (χ2n) is 4.58. The highest BCUT2D eigenvalue weighted by atomic mass is 31.2. The zero-order valence-corrected chi connectivity index (χ0v) is 13.1. The fourth-order valence-corrected chi connectivity index (χ4v) is 1.86. The zero-order chi connectivity index (χ0) is 17.6. The Morgan fingerprint density at radius 1 is 1.52 bits per heavy atom. The number of aliphatic carboxylic acids is 1. The predicted octanol–water partition coefficient (Wildman–Crippen LogP) is -0.0406. The summed E-state index contributed by atoms with van der Waals surface area (Å²) in [5.41, 5.74) is 0.617. The highest BCUT2D eigenvalue weighted by Gasteiger charge is 2.16. The maximum atomic E-state index is 10.7. The van der Waals surface area contributed by atoms with Gasteiger partial charge in [-0.25, -0.2) is 9.36 Å². The first-order valence-electron chi connectivity index (χ1n) is 6.40. The van der Waals surface area contributed by atoms with Crippen molar-refractivity contribution in [3.05, 3.63) is 23.0 Å². The van der Waals surface area contributed by atoms with E-state index in [2.05, 4.69) is 14.5 Å². The standard InChI is InChI=1S/C12H17N2O8P/c1-7-11(16)8(5-13-3-2-10(15)12(17)18)4-9(14-7)6-22-23(19,20)21/h4-5,10,15-16H,2-3,6H2,1H3,(H,17,18)(H2,19,20,21)/t10-/m1/s1. The number of aliphatic hydroxyl groups excluding tert-OH is 1. The van der Waals surface area contributed by atoms with Crippen molar-refractivity contribution < 1.29 is 39.0 Å². The van der Waals surface area contributed by atoms with Gasteiger partial charge in [-0.3, -0.25) is 14.5 Å². The number of hydrogen-bond acceptors (Lipinski definition) is 7. The van der Waals surface area contributed by atoms with E-state index in [-0.39, 0.29) is 35.7 Å². The number of carboxylic acid groups (broad SMARTS) is 1. The van der Waals surface area contributed by atoms with Crippen molar-refractivity contribution in [2.45, 2.75) is 26.1 Å². The van der Waals surface area contributed by atoms with Gasteiger partial charge in [0.25, 0.3) is 0 Å². The van der Waals surface area contributed by atoms with E-state index in [0.717, 1.165) is 0 Å². The monoisotopic (exact) mass is 348 g/mol. The lowest BCUT2D eigenvalue weighted by molar-refractivity contribution is -0.146. The fraction of sp³-hybridized carbons (Fsp3) is 0.417. The number of pyridine rings is 1. The van der Waals surface area contributed by atoms with Gasteiger partial charge >= 0.3 is 13.8 Å². The van der Waals surface area contributed by atoms with E-state index >= 15 is 0 Å². The third-order valence-electron chi connectivity index (χ3n) is 2.68. The van der Waals surface area contributed by atoms with Crippen LogP contribution in [0.15, 0.2) is 11.1 Å². The van der Waals surface area contributed by atoms with Crippen LogP contribution < -0.4 is 0 Å². The van der Waals surface area contributed by atoms with Crippen LogP contribution in [0.4, 0.5) is 0 Å². The summed E-state index contributed by atoms with van der Waals surface area (Å²) in [6.45, 7) is 1.05. The second-order valence-corrected chi connectivity index (χ2v) is 5.82. The number of nitrogens with zero attached hydrogens (tertiary/aromatic N) is 2. The van der Waals surface area contributed by atoms with E-state index in [1.165, 1.54) is 19.2 Å². The number of carbonyl (C=O) groups is 1. The number of hydrogen-bond donors (Lipinski definition) is 5. The maximum absolute atomic E-state index is 10.7. The van der Waals surface area contributed by atoms with Crippen molar-refractivity contribution in [2.75, 3.05) is 6.54 Å². The molecular weight excluding hydrogens is 331 g/mol. The molecule has 0 bridgehead atoms. The van der Waals surface area contributed by atoms with Gasteiger partial charge in [0.15, 0.2) is 6.10 Å². The van der Waals surface area contributed by atoms with Crippen molar-refractivity contribution in [3.8, 4) is 5.75 Å². The molecule has 0 aromatic carbocycles. The lowest BCUT2D eigenvalue weighted by atomic mass is 10.2. The Balaban J connectivity index is 2.79. The molecule has 0 amide bonds. The van der Waals surface area contributed by atoms with Gasteiger partial charge in [-0.05, 0) is 13.0 Å². The molecule has 0 aliphatic rings. The van der Waals surface area contributed by atoms with Gasteiger partial charge in [0.1, 0.15) is 12.4 Å². The Labute approximate surface area is 131 Å². The minimum atomic E-state index is -4.64. The van der Waals surface area contributed by atoms with E-state index < -0.39 is 26.5 Å². The molecule has 1 aromatic rings. The molecule has 23 heavy (non-hydrogen) atoms. The lowest BCUT2D eigenvalue weighted by Gasteiger charge is -2.08. The number of phosphoric acid groups is 1. The molecule has 10 nitrogen and oxygen atoms in total. The fourth-order valence-electron chi connectivity index (χ4n) is 1.56. The Kier molecular flexibility index (Phi) is 6.79. The topological polar surface area (TPSA) is 170 Å². The number of aliphatic imine (C=N–C) groups is 1. The van der Waals surface area contributed by atoms with Gasteiger partial charge in [-0.1, -0.05) is 0 Å². The average molecular weight is 348 g/mol. The molecule has 0 radical (unpaired) electrons. The van der Waals surface area contributed by atoms with Crippen molar-refractivity contribution in [1.29, 1.82) is 0 Å². The minimum absolute atomic E-state index is 0.0165. The molecule has 0 fully saturated rings. The Morgan fingerprint density at radius 2 is 2.17 bits per heavy atom. The molecule has 0 aliphatic carbocycles. The van der Waals surface area contributed by atoms with E-state index in [4.69, 9.17) is 20.0 Å². The molecule has 0 spiro atoms. The summed E-state index contributed by atoms with van der Waals surface area (Å²) in [5, 5.41) is 27.5. The second kappa shape index (κ2) is 8.14. The van der Waals surface area contributed by atoms with Crippen molar-refractivity contribution in [1.82, 2.24) is 4.98 Å². The molecule has 5 N–H and O–H groups in total. The molecular formula is C12H17N2O8P. The van der Waals surface area contributed by atoms with Crippen LogP contribution in [0.2, 0.25) is 0 Å². The van der Waals surface area contributed by atoms with Crippen LogP contribution in [0.25, 0.3) is 0 Å². The molecule has 1 rings (SSSR count). The summed E-state index contributed by atoms with van der Waals surface area (Å²) in [4.78, 5) is 35.5. The first kappa shape index (κ1) is 19.2. The summed E-state index contributed by atoms with van der Waals surface area (Å²) >= 11 is 0. The van der Waals surface area contributed by atoms with Crippen LogP contribution in [0, 0.1) is 6.92 Å². The van der Waals surface area contributed by atoms with Crippen LogP contribution in [0.3, 0.4) is 0 Å². The number of rotatable bonds is 8. The van der Waals surface area contributed by atoms with Crippen LogP contribution in [-0.2, 0) is 20.5 Å². The number of aromatic nitrogens is 1. The van der Waals surface area contributed by atoms with E-state index in [1.54, 1.807) is 0 Å². The van der Waals surface area contributed by atoms with Gasteiger partial charge in [0.2, 0.25) is 0 Å². The average Bonchev–Trinajstić information content (AvgIpc) is 2.44. The molecule has 1 atom stereocenters. The third kappa shape index (κ3) is 6.85. The first-order chi connectivity index (χ1) is 10.6. The quantitative estimate of drug-likeness (QED) is 0.319. The molecule has 1 heterocycles. The summed E-state index contributed by atoms with van der Waals surface area (Å²) in [6.07, 6.45) is -0.364. The van der Waals surface area contributed by atoms with Crippen molar-refractivity contribution in [3.63, 3.8) is 0 Å². The number of phosphoric ester groups is 1. The summed E-state index contributed by atoms with van der Waals surface area (Å²) in [6, 6.07) is 1.33. The Hall–Kier alpha value is -1.84. The van der Waals surface area contributed by atoms with Crippen molar-refractivity contribution in [2.24, 2.45) is 4.99 Å². The number of aryl methyl sites for hydroxylation is 1. The highest BCUT2D eigenvalue weighted by Crippen LogP contribution is 2.37. The highest BCUT2D eigenvalue weighted by molar-refractivity contribution is 7.46. The van der Waals surface area contributed by atoms with Gasteiger partial charge in [-0.15, -0.1) is 0 Å². The molecule has 1 aromatic heterocycles. The maximum Gasteiger partial charge on any atom is 0.469 e. The Bertz CT molecular complexity index is 642. The molecule has 0 saturated carbocycles. The molecule has 11 heteroatoms. The smallest absolute Gasteiger partial charge is 0.469 e. The summed E-state index contributed by atoms with van der Waals surface area (Å²) in [7, 11) is -4.64. The molecule has 0 unspecified atom stereocenters. The third-order valence-corrected chi connectivity index (χ3v) is 3.14. The van der Waals surface area contributed by atoms with Crippen molar-refractivity contribution >= 4 is 20.0 Å². The van der Waals surface area contributed by atoms with Crippen LogP contribution in [0.1, 0.15) is 23.4 Å². The Morgan fingerprint density at radius 3 is 2.74 bits per heavy atom. The predicted molar refractivity (Wildman–Crippen MR) is 78.2 cm³/mol. The number of aromatic hydroxyl groups is 1. The lowest BCUT2D eigenvalue weighted by Crippen LogP contribution is -2.20. The van der Waals surface area contributed by atoms with Gasteiger partial charge in [0.05, 0.1) is 11.4 Å². The number of aliphatic hydroxyl groups is 1. The van der Waals surface area contributed by atoms with Gasteiger partial charge in [0, 0.05) is 24.7 Å². The first-order valence-corrected chi connectivity index (χ1v) is 7.93. The van der Waals surface area contributed by atoms with Gasteiger partial charge < -0.3 is 25.1 Å². The summed E-state index contributed by atoms with van der Waals surface area (Å²) < 4.78 is 15.0. The molecule has 0 aliphatic heterocycles. The van der Waals surface area contributed by atoms with Gasteiger partial charge in [-0.2, -0.15) is 0 Å². The van der Waals surface area contributed by atoms with Crippen LogP contribution in [-0.4, -0.2) is 54.9 Å².